The lowest BCUT2D eigenvalue weighted by Gasteiger charge is -2.27. The van der Waals surface area contributed by atoms with E-state index >= 15 is 0 Å². The van der Waals surface area contributed by atoms with Crippen molar-refractivity contribution < 1.29 is 14.3 Å². The van der Waals surface area contributed by atoms with Crippen molar-refractivity contribution in [3.05, 3.63) is 0 Å². The highest BCUT2D eigenvalue weighted by molar-refractivity contribution is 7.36. The Bertz CT molecular complexity index is 36.5. The lowest BCUT2D eigenvalue weighted by molar-refractivity contribution is -0.317. The minimum Gasteiger partial charge on any atom is -0.820 e. The lowest BCUT2D eigenvalue weighted by Crippen LogP contribution is -2.09. The molecular formula is C2H13N2O3P. The highest BCUT2D eigenvalue weighted by Crippen LogP contribution is 2.10. The van der Waals surface area contributed by atoms with Gasteiger partial charge < -0.3 is 26.6 Å². The van der Waals surface area contributed by atoms with Crippen LogP contribution in [0.25, 0.3) is 0 Å². The van der Waals surface area contributed by atoms with E-state index in [0.29, 0.717) is 0 Å². The van der Waals surface area contributed by atoms with Crippen LogP contribution in [0.1, 0.15) is 6.92 Å². The Hall–Kier alpha value is 0.230. The lowest BCUT2D eigenvalue weighted by atomic mass is 10.9. The maximum atomic E-state index is 9.41. The van der Waals surface area contributed by atoms with Gasteiger partial charge in [0.1, 0.15) is 0 Å². The molecule has 0 radical (unpaired) electrons. The molecule has 0 spiro atoms. The molecule has 0 aliphatic carbocycles. The van der Waals surface area contributed by atoms with Crippen LogP contribution in [0.15, 0.2) is 0 Å². The second-order valence-electron chi connectivity index (χ2n) is 0.641. The second kappa shape index (κ2) is 10.3. The molecule has 0 rings (SSSR count). The molecule has 0 saturated carbocycles. The predicted octanol–water partition coefficient (Wildman–Crippen LogP) is -0.277. The van der Waals surface area contributed by atoms with Gasteiger partial charge in [-0.2, -0.15) is 8.60 Å². The van der Waals surface area contributed by atoms with Crippen molar-refractivity contribution in [1.82, 2.24) is 12.3 Å². The monoisotopic (exact) mass is 144 g/mol. The minimum absolute atomic E-state index is 0. The first-order chi connectivity index (χ1) is 2.77. The van der Waals surface area contributed by atoms with E-state index in [9.17, 15) is 9.79 Å². The van der Waals surface area contributed by atoms with Gasteiger partial charge >= 0.3 is 0 Å². The normalized spacial score (nSPS) is 7.50. The smallest absolute Gasteiger partial charge is 0.0447 e. The van der Waals surface area contributed by atoms with Crippen LogP contribution in [0.2, 0.25) is 0 Å². The third kappa shape index (κ3) is 16.3. The second-order valence-corrected chi connectivity index (χ2v) is 1.35. The van der Waals surface area contributed by atoms with Crippen molar-refractivity contribution in [1.29, 1.82) is 0 Å². The van der Waals surface area contributed by atoms with Gasteiger partial charge in [-0.05, 0) is 6.92 Å². The van der Waals surface area contributed by atoms with Crippen LogP contribution in [0.5, 0.6) is 0 Å². The predicted molar refractivity (Wildman–Crippen MR) is 30.5 cm³/mol. The van der Waals surface area contributed by atoms with E-state index in [1.807, 2.05) is 0 Å². The van der Waals surface area contributed by atoms with Gasteiger partial charge in [-0.3, -0.25) is 0 Å². The highest BCUT2D eigenvalue weighted by atomic mass is 31.2. The van der Waals surface area contributed by atoms with E-state index in [4.69, 9.17) is 0 Å². The molecule has 8 N–H and O–H groups in total. The van der Waals surface area contributed by atoms with E-state index in [1.165, 1.54) is 0 Å². The van der Waals surface area contributed by atoms with Gasteiger partial charge in [0.05, 0.1) is 0 Å². The molecule has 6 heteroatoms. The summed E-state index contributed by atoms with van der Waals surface area (Å²) in [5.74, 6) is 0. The molecule has 0 bridgehead atoms. The molecule has 0 atom stereocenters. The average Bonchev–Trinajstić information content (AvgIpc) is 1.35. The number of quaternary nitrogens is 2. The molecular weight excluding hydrogens is 131 g/mol. The fourth-order valence-electron chi connectivity index (χ4n) is 0.105. The Balaban J connectivity index is -0.000000125. The first-order valence-electron chi connectivity index (χ1n) is 1.54. The Kier molecular flexibility index (Phi) is 20.2. The van der Waals surface area contributed by atoms with Gasteiger partial charge in [0.25, 0.3) is 0 Å². The van der Waals surface area contributed by atoms with Crippen LogP contribution in [-0.4, -0.2) is 6.61 Å². The van der Waals surface area contributed by atoms with E-state index in [1.54, 1.807) is 6.92 Å². The molecule has 0 fully saturated rings. The fourth-order valence-corrected chi connectivity index (χ4v) is 0.316. The summed E-state index contributed by atoms with van der Waals surface area (Å²) >= 11 is 0. The van der Waals surface area contributed by atoms with Gasteiger partial charge in [-0.15, -0.1) is 0 Å². The summed E-state index contributed by atoms with van der Waals surface area (Å²) in [6.45, 7) is 1.85. The average molecular weight is 144 g/mol. The zero-order valence-corrected chi connectivity index (χ0v) is 6.27. The Morgan fingerprint density at radius 2 is 1.75 bits per heavy atom. The van der Waals surface area contributed by atoms with E-state index in [-0.39, 0.29) is 18.9 Å². The summed E-state index contributed by atoms with van der Waals surface area (Å²) < 4.78 is 4.00. The maximum Gasteiger partial charge on any atom is 0.0447 e. The van der Waals surface area contributed by atoms with Crippen LogP contribution < -0.4 is 22.1 Å². The van der Waals surface area contributed by atoms with Crippen molar-refractivity contribution in [2.24, 2.45) is 0 Å². The molecule has 0 aliphatic heterocycles. The van der Waals surface area contributed by atoms with Crippen molar-refractivity contribution in [2.75, 3.05) is 6.61 Å². The fraction of sp³-hybridized carbons (Fsp3) is 1.00. The molecule has 0 aliphatic rings. The highest BCUT2D eigenvalue weighted by Gasteiger charge is 1.64. The van der Waals surface area contributed by atoms with Gasteiger partial charge in [0.15, 0.2) is 0 Å². The van der Waals surface area contributed by atoms with E-state index in [0.717, 1.165) is 0 Å². The summed E-state index contributed by atoms with van der Waals surface area (Å²) in [7, 11) is -2.60. The summed E-state index contributed by atoms with van der Waals surface area (Å²) in [5, 5.41) is 0. The summed E-state index contributed by atoms with van der Waals surface area (Å²) in [5.41, 5.74) is 0. The van der Waals surface area contributed by atoms with E-state index in [2.05, 4.69) is 4.52 Å². The molecule has 0 amide bonds. The van der Waals surface area contributed by atoms with E-state index < -0.39 is 8.60 Å². The molecule has 5 nitrogen and oxygen atoms in total. The standard InChI is InChI=1S/C2H5O3P.2H3N/c1-2-5-6(3)4;;/h2H2,1H3;2*1H3/q-2;;/p+2. The van der Waals surface area contributed by atoms with Crippen LogP contribution >= 0.6 is 8.60 Å². The van der Waals surface area contributed by atoms with Crippen LogP contribution in [0, 0.1) is 0 Å². The summed E-state index contributed by atoms with van der Waals surface area (Å²) in [4.78, 5) is 18.8. The van der Waals surface area contributed by atoms with Crippen molar-refractivity contribution >= 4 is 8.60 Å². The summed E-state index contributed by atoms with van der Waals surface area (Å²) in [6.07, 6.45) is 0. The Morgan fingerprint density at radius 1 is 1.38 bits per heavy atom. The first kappa shape index (κ1) is 15.7. The topological polar surface area (TPSA) is 128 Å². The first-order valence-corrected chi connectivity index (χ1v) is 2.64. The van der Waals surface area contributed by atoms with Gasteiger partial charge in [-0.25, -0.2) is 0 Å². The Labute approximate surface area is 49.8 Å². The van der Waals surface area contributed by atoms with Crippen LogP contribution in [0.3, 0.4) is 0 Å². The molecule has 0 aromatic carbocycles. The van der Waals surface area contributed by atoms with Crippen LogP contribution in [-0.2, 0) is 4.52 Å². The number of rotatable bonds is 2. The van der Waals surface area contributed by atoms with Crippen LogP contribution in [0.4, 0.5) is 0 Å². The molecule has 0 heterocycles. The molecule has 8 heavy (non-hydrogen) atoms. The molecule has 0 aromatic heterocycles. The Morgan fingerprint density at radius 3 is 1.75 bits per heavy atom. The van der Waals surface area contributed by atoms with Gasteiger partial charge in [0.2, 0.25) is 0 Å². The number of hydrogen-bond acceptors (Lipinski definition) is 3. The van der Waals surface area contributed by atoms with Gasteiger partial charge in [0, 0.05) is 6.61 Å². The largest absolute Gasteiger partial charge is 0.820 e. The SMILES string of the molecule is CCOP([O-])[O-].[NH4+].[NH4+]. The third-order valence-corrected chi connectivity index (χ3v) is 0.704. The quantitative estimate of drug-likeness (QED) is 0.517. The van der Waals surface area contributed by atoms with Gasteiger partial charge in [-0.1, -0.05) is 0 Å². The molecule has 54 valence electrons. The number of hydrogen-bond donors (Lipinski definition) is 2. The van der Waals surface area contributed by atoms with Crippen molar-refractivity contribution in [3.63, 3.8) is 0 Å². The summed E-state index contributed by atoms with van der Waals surface area (Å²) in [6, 6.07) is 0. The van der Waals surface area contributed by atoms with Crippen molar-refractivity contribution in [2.45, 2.75) is 6.92 Å². The molecule has 0 unspecified atom stereocenters. The molecule has 0 aromatic rings. The third-order valence-electron chi connectivity index (χ3n) is 0.235. The van der Waals surface area contributed by atoms with Crippen molar-refractivity contribution in [3.8, 4) is 0 Å². The zero-order valence-electron chi connectivity index (χ0n) is 5.38. The molecule has 0 saturated heterocycles. The minimum atomic E-state index is -2.60. The maximum absolute atomic E-state index is 9.41. The zero-order chi connectivity index (χ0) is 4.99.